The Kier molecular flexibility index (Phi) is 3.60. The first-order chi connectivity index (χ1) is 11.7. The lowest BCUT2D eigenvalue weighted by molar-refractivity contribution is 0.0686. The van der Waals surface area contributed by atoms with Crippen molar-refractivity contribution >= 4 is 17.8 Å². The molecule has 24 heavy (non-hydrogen) atoms. The number of fused-ring (bicyclic) bond motifs is 1. The maximum Gasteiger partial charge on any atom is 0.253 e. The zero-order valence-corrected chi connectivity index (χ0v) is 13.8. The molecule has 0 unspecified atom stereocenters. The van der Waals surface area contributed by atoms with E-state index in [4.69, 9.17) is 4.99 Å². The van der Waals surface area contributed by atoms with Crippen molar-refractivity contribution in [3.05, 3.63) is 65.2 Å². The van der Waals surface area contributed by atoms with Gasteiger partial charge >= 0.3 is 0 Å². The maximum absolute atomic E-state index is 12.6. The number of hydrogen-bond donors (Lipinski definition) is 1. The van der Waals surface area contributed by atoms with Gasteiger partial charge in [0.25, 0.3) is 5.91 Å². The van der Waals surface area contributed by atoms with Crippen LogP contribution in [0.1, 0.15) is 34.3 Å². The summed E-state index contributed by atoms with van der Waals surface area (Å²) in [4.78, 5) is 19.4. The molecule has 0 saturated carbocycles. The Morgan fingerprint density at radius 1 is 1.08 bits per heavy atom. The number of nitrogens with zero attached hydrogens (tertiary/aromatic N) is 2. The van der Waals surface area contributed by atoms with Gasteiger partial charge in [-0.1, -0.05) is 35.9 Å². The zero-order valence-electron chi connectivity index (χ0n) is 13.8. The molecule has 2 aromatic rings. The molecule has 1 saturated heterocycles. The Hall–Kier alpha value is -2.62. The van der Waals surface area contributed by atoms with Gasteiger partial charge in [0.05, 0.1) is 0 Å². The van der Waals surface area contributed by atoms with Crippen LogP contribution in [0.3, 0.4) is 0 Å². The summed E-state index contributed by atoms with van der Waals surface area (Å²) in [7, 11) is 0. The second kappa shape index (κ2) is 5.78. The third kappa shape index (κ3) is 2.68. The van der Waals surface area contributed by atoms with Crippen LogP contribution in [0.15, 0.2) is 53.5 Å². The number of nitrogens with one attached hydrogen (secondary N) is 1. The lowest BCUT2D eigenvalue weighted by Gasteiger charge is -2.42. The van der Waals surface area contributed by atoms with Crippen molar-refractivity contribution in [2.45, 2.75) is 25.4 Å². The number of rotatable bonds is 1. The highest BCUT2D eigenvalue weighted by Gasteiger charge is 2.37. The first-order valence-corrected chi connectivity index (χ1v) is 8.44. The minimum absolute atomic E-state index is 0.116. The molecule has 2 aliphatic heterocycles. The topological polar surface area (TPSA) is 44.7 Å². The number of aliphatic imine (C=N–C) groups is 1. The van der Waals surface area contributed by atoms with E-state index in [-0.39, 0.29) is 11.6 Å². The number of hydrogen-bond acceptors (Lipinski definition) is 3. The number of benzene rings is 2. The van der Waals surface area contributed by atoms with Crippen LogP contribution in [0.5, 0.6) is 0 Å². The molecule has 2 heterocycles. The van der Waals surface area contributed by atoms with E-state index in [2.05, 4.69) is 17.4 Å². The smallest absolute Gasteiger partial charge is 0.253 e. The van der Waals surface area contributed by atoms with Crippen molar-refractivity contribution in [3.63, 3.8) is 0 Å². The van der Waals surface area contributed by atoms with Gasteiger partial charge in [-0.3, -0.25) is 9.79 Å². The first-order valence-electron chi connectivity index (χ1n) is 8.44. The SMILES string of the molecule is Cc1ccc(C(=O)N2CCC3(CC2)N=Cc2ccccc2N3)cc1. The molecule has 2 aliphatic rings. The highest BCUT2D eigenvalue weighted by molar-refractivity contribution is 5.94. The van der Waals surface area contributed by atoms with Gasteiger partial charge in [-0.25, -0.2) is 0 Å². The van der Waals surface area contributed by atoms with Crippen molar-refractivity contribution in [1.82, 2.24) is 4.90 Å². The number of aryl methyl sites for hydroxylation is 1. The fraction of sp³-hybridized carbons (Fsp3) is 0.300. The quantitative estimate of drug-likeness (QED) is 0.875. The average molecular weight is 319 g/mol. The number of carbonyl (C=O) groups excluding carboxylic acids is 1. The Morgan fingerprint density at radius 3 is 2.54 bits per heavy atom. The van der Waals surface area contributed by atoms with Gasteiger partial charge in [0, 0.05) is 49.0 Å². The third-order valence-electron chi connectivity index (χ3n) is 4.96. The van der Waals surface area contributed by atoms with Crippen molar-refractivity contribution in [2.24, 2.45) is 4.99 Å². The fourth-order valence-electron chi connectivity index (χ4n) is 3.41. The summed E-state index contributed by atoms with van der Waals surface area (Å²) in [6.45, 7) is 3.47. The number of amides is 1. The van der Waals surface area contributed by atoms with Crippen LogP contribution in [-0.2, 0) is 0 Å². The van der Waals surface area contributed by atoms with Crippen LogP contribution >= 0.6 is 0 Å². The summed E-state index contributed by atoms with van der Waals surface area (Å²) in [5, 5.41) is 3.58. The second-order valence-corrected chi connectivity index (χ2v) is 6.66. The predicted molar refractivity (Wildman–Crippen MR) is 96.7 cm³/mol. The van der Waals surface area contributed by atoms with Gasteiger partial charge in [-0.15, -0.1) is 0 Å². The Labute approximate surface area is 142 Å². The van der Waals surface area contributed by atoms with Gasteiger partial charge in [-0.2, -0.15) is 0 Å². The number of piperidine rings is 1. The molecule has 1 spiro atoms. The van der Waals surface area contributed by atoms with Crippen molar-refractivity contribution in [3.8, 4) is 0 Å². The molecule has 1 N–H and O–H groups in total. The lowest BCUT2D eigenvalue weighted by atomic mass is 9.94. The van der Waals surface area contributed by atoms with Crippen LogP contribution < -0.4 is 5.32 Å². The van der Waals surface area contributed by atoms with E-state index in [1.165, 1.54) is 5.56 Å². The van der Waals surface area contributed by atoms with Gasteiger partial charge in [0.1, 0.15) is 5.66 Å². The first kappa shape index (κ1) is 14.9. The molecule has 1 fully saturated rings. The summed E-state index contributed by atoms with van der Waals surface area (Å²) < 4.78 is 0. The van der Waals surface area contributed by atoms with Crippen LogP contribution in [0, 0.1) is 6.92 Å². The van der Waals surface area contributed by atoms with Crippen LogP contribution in [0.25, 0.3) is 0 Å². The Morgan fingerprint density at radius 2 is 1.79 bits per heavy atom. The van der Waals surface area contributed by atoms with E-state index in [0.717, 1.165) is 42.7 Å². The summed E-state index contributed by atoms with van der Waals surface area (Å²) >= 11 is 0. The molecule has 4 rings (SSSR count). The summed E-state index contributed by atoms with van der Waals surface area (Å²) in [5.74, 6) is 0.116. The number of para-hydroxylation sites is 1. The zero-order chi connectivity index (χ0) is 16.6. The minimum atomic E-state index is -0.265. The predicted octanol–water partition coefficient (Wildman–Crippen LogP) is 3.47. The molecule has 4 nitrogen and oxygen atoms in total. The molecule has 2 aromatic carbocycles. The van der Waals surface area contributed by atoms with Gasteiger partial charge in [0.2, 0.25) is 0 Å². The molecule has 1 amide bonds. The van der Waals surface area contributed by atoms with Crippen molar-refractivity contribution in [2.75, 3.05) is 18.4 Å². The molecular weight excluding hydrogens is 298 g/mol. The van der Waals surface area contributed by atoms with Crippen LogP contribution in [0.2, 0.25) is 0 Å². The highest BCUT2D eigenvalue weighted by atomic mass is 16.2. The van der Waals surface area contributed by atoms with Gasteiger partial charge in [-0.05, 0) is 25.1 Å². The van der Waals surface area contributed by atoms with E-state index < -0.39 is 0 Å². The average Bonchev–Trinajstić information content (AvgIpc) is 2.62. The van der Waals surface area contributed by atoms with Crippen molar-refractivity contribution < 1.29 is 4.79 Å². The molecule has 0 aromatic heterocycles. The van der Waals surface area contributed by atoms with Crippen molar-refractivity contribution in [1.29, 1.82) is 0 Å². The van der Waals surface area contributed by atoms with Gasteiger partial charge in [0.15, 0.2) is 0 Å². The maximum atomic E-state index is 12.6. The Balaban J connectivity index is 1.46. The standard InChI is InChI=1S/C20H21N3O/c1-15-6-8-16(9-7-15)19(24)23-12-10-20(11-13-23)21-14-17-4-2-3-5-18(17)22-20/h2-9,14,22H,10-13H2,1H3. The number of carbonyl (C=O) groups is 1. The summed E-state index contributed by atoms with van der Waals surface area (Å²) in [6, 6.07) is 16.0. The Bertz CT molecular complexity index is 787. The highest BCUT2D eigenvalue weighted by Crippen LogP contribution is 2.33. The van der Waals surface area contributed by atoms with E-state index in [9.17, 15) is 4.79 Å². The molecule has 0 radical (unpaired) electrons. The van der Waals surface area contributed by atoms with E-state index in [1.54, 1.807) is 0 Å². The summed E-state index contributed by atoms with van der Waals surface area (Å²) in [5.41, 5.74) is 3.93. The largest absolute Gasteiger partial charge is 0.361 e. The van der Waals surface area contributed by atoms with E-state index in [1.807, 2.05) is 54.4 Å². The molecule has 0 bridgehead atoms. The normalized spacial score (nSPS) is 18.1. The molecule has 4 heteroatoms. The molecule has 0 atom stereocenters. The van der Waals surface area contributed by atoms with E-state index in [0.29, 0.717) is 0 Å². The monoisotopic (exact) mass is 319 g/mol. The van der Waals surface area contributed by atoms with Crippen LogP contribution in [-0.4, -0.2) is 35.8 Å². The molecular formula is C20H21N3O. The summed E-state index contributed by atoms with van der Waals surface area (Å²) in [6.07, 6.45) is 3.62. The van der Waals surface area contributed by atoms with Crippen LogP contribution in [0.4, 0.5) is 5.69 Å². The minimum Gasteiger partial charge on any atom is -0.361 e. The lowest BCUT2D eigenvalue weighted by Crippen LogP contribution is -2.50. The number of anilines is 1. The second-order valence-electron chi connectivity index (χ2n) is 6.66. The molecule has 122 valence electrons. The van der Waals surface area contributed by atoms with E-state index >= 15 is 0 Å². The fourth-order valence-corrected chi connectivity index (χ4v) is 3.41. The number of likely N-dealkylation sites (tertiary alicyclic amines) is 1. The molecule has 0 aliphatic carbocycles. The third-order valence-corrected chi connectivity index (χ3v) is 4.96. The van der Waals surface area contributed by atoms with Gasteiger partial charge < -0.3 is 10.2 Å².